The van der Waals surface area contributed by atoms with Crippen LogP contribution in [-0.4, -0.2) is 29.5 Å². The van der Waals surface area contributed by atoms with Crippen LogP contribution < -0.4 is 0 Å². The Morgan fingerprint density at radius 2 is 2.12 bits per heavy atom. The monoisotopic (exact) mass is 241 g/mol. The first kappa shape index (κ1) is 14.0. The van der Waals surface area contributed by atoms with E-state index >= 15 is 0 Å². The summed E-state index contributed by atoms with van der Waals surface area (Å²) in [5.41, 5.74) is 0. The maximum absolute atomic E-state index is 12.2. The molecule has 1 heterocycles. The second kappa shape index (κ2) is 6.03. The number of ether oxygens (including phenoxy) is 1. The summed E-state index contributed by atoms with van der Waals surface area (Å²) in [7, 11) is 0. The van der Waals surface area contributed by atoms with Crippen LogP contribution in [0, 0.1) is 11.8 Å². The van der Waals surface area contributed by atoms with Gasteiger partial charge in [-0.3, -0.25) is 4.79 Å². The first-order valence-electron chi connectivity index (χ1n) is 6.48. The first-order chi connectivity index (χ1) is 7.99. The molecule has 1 fully saturated rings. The van der Waals surface area contributed by atoms with E-state index in [1.165, 1.54) is 4.90 Å². The van der Waals surface area contributed by atoms with Crippen LogP contribution in [0.4, 0.5) is 4.79 Å². The molecule has 0 aromatic rings. The Hall–Kier alpha value is -1.06. The van der Waals surface area contributed by atoms with Crippen LogP contribution in [0.15, 0.2) is 0 Å². The van der Waals surface area contributed by atoms with Crippen molar-refractivity contribution >= 4 is 12.0 Å². The normalized spacial score (nSPS) is 21.8. The molecule has 1 saturated heterocycles. The smallest absolute Gasteiger partial charge is 0.416 e. The van der Waals surface area contributed by atoms with Crippen molar-refractivity contribution in [2.24, 2.45) is 11.8 Å². The lowest BCUT2D eigenvalue weighted by atomic mass is 9.99. The van der Waals surface area contributed by atoms with E-state index < -0.39 is 6.09 Å². The quantitative estimate of drug-likeness (QED) is 0.743. The van der Waals surface area contributed by atoms with Crippen LogP contribution >= 0.6 is 0 Å². The van der Waals surface area contributed by atoms with Crippen molar-refractivity contribution in [1.82, 2.24) is 4.90 Å². The summed E-state index contributed by atoms with van der Waals surface area (Å²) in [5, 5.41) is 0. The van der Waals surface area contributed by atoms with Crippen molar-refractivity contribution in [1.29, 1.82) is 0 Å². The van der Waals surface area contributed by atoms with Crippen LogP contribution in [0.2, 0.25) is 0 Å². The average Bonchev–Trinajstić information content (AvgIpc) is 2.67. The number of rotatable bonds is 5. The number of imide groups is 1. The molecule has 1 aliphatic rings. The number of hydrogen-bond acceptors (Lipinski definition) is 3. The standard InChI is InChI=1S/C13H23NO3/c1-5-6-7-10(4)12(15)14-11(9(2)3)8-17-13(14)16/h9-11H,5-8H2,1-4H3/t10-,11+/m0/s1. The van der Waals surface area contributed by atoms with Crippen molar-refractivity contribution in [3.05, 3.63) is 0 Å². The topological polar surface area (TPSA) is 46.6 Å². The molecule has 0 aromatic heterocycles. The summed E-state index contributed by atoms with van der Waals surface area (Å²) >= 11 is 0. The minimum Gasteiger partial charge on any atom is -0.447 e. The molecular formula is C13H23NO3. The molecule has 0 spiro atoms. The van der Waals surface area contributed by atoms with E-state index in [1.54, 1.807) is 0 Å². The molecule has 0 bridgehead atoms. The van der Waals surface area contributed by atoms with E-state index in [1.807, 2.05) is 20.8 Å². The van der Waals surface area contributed by atoms with Crippen molar-refractivity contribution < 1.29 is 14.3 Å². The van der Waals surface area contributed by atoms with Gasteiger partial charge in [0.2, 0.25) is 5.91 Å². The van der Waals surface area contributed by atoms with Gasteiger partial charge in [0.15, 0.2) is 0 Å². The molecule has 98 valence electrons. The first-order valence-corrected chi connectivity index (χ1v) is 6.48. The van der Waals surface area contributed by atoms with Crippen molar-refractivity contribution in [2.75, 3.05) is 6.61 Å². The van der Waals surface area contributed by atoms with Crippen LogP contribution in [0.1, 0.15) is 47.0 Å². The molecule has 0 saturated carbocycles. The van der Waals surface area contributed by atoms with Crippen LogP contribution in [0.3, 0.4) is 0 Å². The fourth-order valence-electron chi connectivity index (χ4n) is 2.05. The zero-order valence-corrected chi connectivity index (χ0v) is 11.2. The maximum Gasteiger partial charge on any atom is 0.416 e. The van der Waals surface area contributed by atoms with Gasteiger partial charge in [-0.25, -0.2) is 9.69 Å². The highest BCUT2D eigenvalue weighted by atomic mass is 16.6. The summed E-state index contributed by atoms with van der Waals surface area (Å²) in [6, 6.07) is -0.0981. The van der Waals surface area contributed by atoms with Crippen LogP contribution in [0.5, 0.6) is 0 Å². The van der Waals surface area contributed by atoms with Gasteiger partial charge < -0.3 is 4.74 Å². The summed E-state index contributed by atoms with van der Waals surface area (Å²) in [6.45, 7) is 8.33. The molecule has 0 aromatic carbocycles. The lowest BCUT2D eigenvalue weighted by Gasteiger charge is -2.25. The number of carbonyl (C=O) groups is 2. The molecule has 0 unspecified atom stereocenters. The highest BCUT2D eigenvalue weighted by Crippen LogP contribution is 2.23. The second-order valence-corrected chi connectivity index (χ2v) is 5.14. The van der Waals surface area contributed by atoms with Gasteiger partial charge in [0, 0.05) is 5.92 Å². The summed E-state index contributed by atoms with van der Waals surface area (Å²) in [5.74, 6) is 0.0604. The van der Waals surface area contributed by atoms with Gasteiger partial charge in [-0.05, 0) is 12.3 Å². The Labute approximate surface area is 103 Å². The van der Waals surface area contributed by atoms with E-state index in [0.717, 1.165) is 19.3 Å². The van der Waals surface area contributed by atoms with Crippen LogP contribution in [-0.2, 0) is 9.53 Å². The van der Waals surface area contributed by atoms with Gasteiger partial charge in [0.1, 0.15) is 6.61 Å². The van der Waals surface area contributed by atoms with E-state index in [-0.39, 0.29) is 23.8 Å². The zero-order valence-electron chi connectivity index (χ0n) is 11.2. The zero-order chi connectivity index (χ0) is 13.0. The number of carbonyl (C=O) groups excluding carboxylic acids is 2. The molecule has 1 aliphatic heterocycles. The number of cyclic esters (lactones) is 1. The molecule has 2 atom stereocenters. The Bertz CT molecular complexity index is 288. The van der Waals surface area contributed by atoms with Crippen molar-refractivity contribution in [2.45, 2.75) is 53.0 Å². The van der Waals surface area contributed by atoms with Crippen molar-refractivity contribution in [3.8, 4) is 0 Å². The average molecular weight is 241 g/mol. The number of amides is 2. The van der Waals surface area contributed by atoms with Gasteiger partial charge in [-0.1, -0.05) is 40.5 Å². The molecule has 1 rings (SSSR count). The third-order valence-corrected chi connectivity index (χ3v) is 3.33. The highest BCUT2D eigenvalue weighted by Gasteiger charge is 2.40. The van der Waals surface area contributed by atoms with Gasteiger partial charge >= 0.3 is 6.09 Å². The van der Waals surface area contributed by atoms with Gasteiger partial charge in [0.25, 0.3) is 0 Å². The summed E-state index contributed by atoms with van der Waals surface area (Å²) in [4.78, 5) is 25.1. The van der Waals surface area contributed by atoms with E-state index in [9.17, 15) is 9.59 Å². The molecule has 0 aliphatic carbocycles. The van der Waals surface area contributed by atoms with Gasteiger partial charge in [-0.2, -0.15) is 0 Å². The predicted octanol–water partition coefficient (Wildman–Crippen LogP) is 2.82. The number of nitrogens with zero attached hydrogens (tertiary/aromatic N) is 1. The minimum absolute atomic E-state index is 0.0837. The van der Waals surface area contributed by atoms with Crippen LogP contribution in [0.25, 0.3) is 0 Å². The maximum atomic E-state index is 12.2. The Morgan fingerprint density at radius 3 is 2.65 bits per heavy atom. The minimum atomic E-state index is -0.475. The second-order valence-electron chi connectivity index (χ2n) is 5.14. The largest absolute Gasteiger partial charge is 0.447 e. The summed E-state index contributed by atoms with van der Waals surface area (Å²) < 4.78 is 4.98. The number of unbranched alkanes of at least 4 members (excludes halogenated alkanes) is 1. The molecular weight excluding hydrogens is 218 g/mol. The highest BCUT2D eigenvalue weighted by molar-refractivity contribution is 5.94. The number of hydrogen-bond donors (Lipinski definition) is 0. The fraction of sp³-hybridized carbons (Fsp3) is 0.846. The van der Waals surface area contributed by atoms with E-state index in [4.69, 9.17) is 4.74 Å². The predicted molar refractivity (Wildman–Crippen MR) is 65.5 cm³/mol. The van der Waals surface area contributed by atoms with E-state index in [2.05, 4.69) is 6.92 Å². The van der Waals surface area contributed by atoms with Gasteiger partial charge in [-0.15, -0.1) is 0 Å². The fourth-order valence-corrected chi connectivity index (χ4v) is 2.05. The molecule has 17 heavy (non-hydrogen) atoms. The SMILES string of the molecule is CCCC[C@H](C)C(=O)N1C(=O)OC[C@@H]1C(C)C. The molecule has 0 radical (unpaired) electrons. The third kappa shape index (κ3) is 3.20. The Kier molecular flexibility index (Phi) is 4.97. The lowest BCUT2D eigenvalue weighted by Crippen LogP contribution is -2.44. The molecule has 4 heteroatoms. The van der Waals surface area contributed by atoms with Crippen molar-refractivity contribution in [3.63, 3.8) is 0 Å². The van der Waals surface area contributed by atoms with Gasteiger partial charge in [0.05, 0.1) is 6.04 Å². The molecule has 0 N–H and O–H groups in total. The third-order valence-electron chi connectivity index (χ3n) is 3.33. The van der Waals surface area contributed by atoms with E-state index in [0.29, 0.717) is 6.61 Å². The molecule has 4 nitrogen and oxygen atoms in total. The summed E-state index contributed by atoms with van der Waals surface area (Å²) in [6.07, 6.45) is 2.44. The Morgan fingerprint density at radius 1 is 1.47 bits per heavy atom. The Balaban J connectivity index is 2.68. The molecule has 2 amide bonds. The lowest BCUT2D eigenvalue weighted by molar-refractivity contribution is -0.133.